The molecule has 1 aliphatic rings. The number of amides is 1. The molecule has 2 N–H and O–H groups in total. The maximum atomic E-state index is 12.9. The van der Waals surface area contributed by atoms with E-state index in [0.29, 0.717) is 13.1 Å². The summed E-state index contributed by atoms with van der Waals surface area (Å²) in [5, 5.41) is 11.3. The number of nitrogens with zero attached hydrogens (tertiary/aromatic N) is 2. The third-order valence-electron chi connectivity index (χ3n) is 4.51. The standard InChI is InChI=1S/C18H19N3O3S.ClH/c1-25-13-7-8-17(21(23)24)14(9-13)18(22)20-10-15(16(19)11-20)12-5-3-2-4-6-12;/h2-9,15-16H,10-11,19H2,1H3;1H/t15-,16+;/m0./s1. The fourth-order valence-electron chi connectivity index (χ4n) is 3.19. The van der Waals surface area contributed by atoms with E-state index in [0.717, 1.165) is 10.5 Å². The number of thioether (sulfide) groups is 1. The highest BCUT2D eigenvalue weighted by Crippen LogP contribution is 2.31. The predicted molar refractivity (Wildman–Crippen MR) is 105 cm³/mol. The molecule has 0 aromatic heterocycles. The molecule has 1 heterocycles. The molecule has 1 saturated heterocycles. The Labute approximate surface area is 162 Å². The predicted octanol–water partition coefficient (Wildman–Crippen LogP) is 3.31. The summed E-state index contributed by atoms with van der Waals surface area (Å²) in [6.45, 7) is 0.851. The lowest BCUT2D eigenvalue weighted by molar-refractivity contribution is -0.385. The largest absolute Gasteiger partial charge is 0.336 e. The number of carbonyl (C=O) groups excluding carboxylic acids is 1. The summed E-state index contributed by atoms with van der Waals surface area (Å²) in [6, 6.07) is 14.3. The van der Waals surface area contributed by atoms with Crippen LogP contribution >= 0.6 is 24.2 Å². The molecule has 3 rings (SSSR count). The molecule has 2 atom stereocenters. The van der Waals surface area contributed by atoms with Crippen LogP contribution in [0, 0.1) is 10.1 Å². The molecule has 8 heteroatoms. The summed E-state index contributed by atoms with van der Waals surface area (Å²) in [5.74, 6) is -0.301. The van der Waals surface area contributed by atoms with Crippen molar-refractivity contribution in [1.29, 1.82) is 0 Å². The number of carbonyl (C=O) groups is 1. The van der Waals surface area contributed by atoms with E-state index < -0.39 is 4.92 Å². The van der Waals surface area contributed by atoms with Gasteiger partial charge in [-0.1, -0.05) is 30.3 Å². The molecule has 6 nitrogen and oxygen atoms in total. The average Bonchev–Trinajstić information content (AvgIpc) is 3.03. The Bertz CT molecular complexity index is 804. The van der Waals surface area contributed by atoms with Crippen molar-refractivity contribution in [2.75, 3.05) is 19.3 Å². The molecule has 1 fully saturated rings. The van der Waals surface area contributed by atoms with E-state index in [-0.39, 0.29) is 41.5 Å². The van der Waals surface area contributed by atoms with Crippen LogP contribution < -0.4 is 5.73 Å². The molecular weight excluding hydrogens is 374 g/mol. The number of likely N-dealkylation sites (tertiary alicyclic amines) is 1. The van der Waals surface area contributed by atoms with Crippen molar-refractivity contribution < 1.29 is 9.72 Å². The number of nitro benzene ring substituents is 1. The molecule has 0 saturated carbocycles. The molecule has 0 radical (unpaired) electrons. The summed E-state index contributed by atoms with van der Waals surface area (Å²) >= 11 is 1.44. The minimum atomic E-state index is -0.512. The van der Waals surface area contributed by atoms with Gasteiger partial charge in [-0.2, -0.15) is 0 Å². The molecule has 0 spiro atoms. The summed E-state index contributed by atoms with van der Waals surface area (Å²) in [6.07, 6.45) is 1.87. The van der Waals surface area contributed by atoms with Crippen molar-refractivity contribution in [2.24, 2.45) is 5.73 Å². The zero-order valence-corrected chi connectivity index (χ0v) is 15.8. The van der Waals surface area contributed by atoms with Crippen LogP contribution in [0.15, 0.2) is 53.4 Å². The number of hydrogen-bond acceptors (Lipinski definition) is 5. The Morgan fingerprint density at radius 2 is 1.92 bits per heavy atom. The Morgan fingerprint density at radius 3 is 2.54 bits per heavy atom. The third-order valence-corrected chi connectivity index (χ3v) is 5.24. The van der Waals surface area contributed by atoms with Gasteiger partial charge in [-0.15, -0.1) is 24.2 Å². The van der Waals surface area contributed by atoms with Gasteiger partial charge in [0, 0.05) is 36.0 Å². The van der Waals surface area contributed by atoms with E-state index in [4.69, 9.17) is 5.73 Å². The Morgan fingerprint density at radius 1 is 1.23 bits per heavy atom. The van der Waals surface area contributed by atoms with Gasteiger partial charge in [0.15, 0.2) is 0 Å². The van der Waals surface area contributed by atoms with Crippen LogP contribution in [-0.4, -0.2) is 41.1 Å². The van der Waals surface area contributed by atoms with Crippen LogP contribution in [0.25, 0.3) is 0 Å². The quantitative estimate of drug-likeness (QED) is 0.489. The van der Waals surface area contributed by atoms with Crippen molar-refractivity contribution in [3.05, 3.63) is 69.8 Å². The monoisotopic (exact) mass is 393 g/mol. The zero-order valence-electron chi connectivity index (χ0n) is 14.2. The molecule has 1 amide bonds. The molecule has 2 aromatic carbocycles. The molecule has 26 heavy (non-hydrogen) atoms. The Kier molecular flexibility index (Phi) is 6.63. The number of rotatable bonds is 4. The number of hydrogen-bond donors (Lipinski definition) is 1. The molecule has 0 aliphatic carbocycles. The summed E-state index contributed by atoms with van der Waals surface area (Å²) in [5.41, 5.74) is 7.28. The van der Waals surface area contributed by atoms with E-state index in [1.54, 1.807) is 17.0 Å². The molecule has 2 aromatic rings. The van der Waals surface area contributed by atoms with E-state index in [1.165, 1.54) is 17.8 Å². The van der Waals surface area contributed by atoms with Crippen molar-refractivity contribution in [2.45, 2.75) is 16.9 Å². The van der Waals surface area contributed by atoms with Gasteiger partial charge in [-0.25, -0.2) is 0 Å². The molecular formula is C18H20ClN3O3S. The molecule has 0 unspecified atom stereocenters. The van der Waals surface area contributed by atoms with Crippen LogP contribution in [0.2, 0.25) is 0 Å². The first-order valence-corrected chi connectivity index (χ1v) is 9.16. The van der Waals surface area contributed by atoms with Gasteiger partial charge >= 0.3 is 0 Å². The molecule has 0 bridgehead atoms. The zero-order chi connectivity index (χ0) is 18.0. The van der Waals surface area contributed by atoms with Crippen LogP contribution in [0.4, 0.5) is 5.69 Å². The number of nitro groups is 1. The van der Waals surface area contributed by atoms with Gasteiger partial charge in [0.25, 0.3) is 11.6 Å². The summed E-state index contributed by atoms with van der Waals surface area (Å²) in [7, 11) is 0. The maximum Gasteiger partial charge on any atom is 0.282 e. The third kappa shape index (κ3) is 4.00. The Balaban J connectivity index is 0.00000243. The minimum Gasteiger partial charge on any atom is -0.336 e. The van der Waals surface area contributed by atoms with Crippen molar-refractivity contribution in [3.8, 4) is 0 Å². The summed E-state index contributed by atoms with van der Waals surface area (Å²) in [4.78, 5) is 26.1. The second-order valence-corrected chi connectivity index (χ2v) is 6.91. The second kappa shape index (κ2) is 8.53. The van der Waals surface area contributed by atoms with Crippen LogP contribution in [0.3, 0.4) is 0 Å². The van der Waals surface area contributed by atoms with Crippen LogP contribution in [0.1, 0.15) is 21.8 Å². The first kappa shape index (κ1) is 20.2. The number of benzene rings is 2. The highest BCUT2D eigenvalue weighted by atomic mass is 35.5. The van der Waals surface area contributed by atoms with Gasteiger partial charge in [-0.3, -0.25) is 14.9 Å². The lowest BCUT2D eigenvalue weighted by Gasteiger charge is -2.17. The number of nitrogens with two attached hydrogens (primary N) is 1. The van der Waals surface area contributed by atoms with E-state index in [9.17, 15) is 14.9 Å². The molecule has 1 aliphatic heterocycles. The lowest BCUT2D eigenvalue weighted by Crippen LogP contribution is -2.32. The van der Waals surface area contributed by atoms with Crippen molar-refractivity contribution >= 4 is 35.8 Å². The highest BCUT2D eigenvalue weighted by Gasteiger charge is 2.36. The van der Waals surface area contributed by atoms with Gasteiger partial charge in [0.1, 0.15) is 5.56 Å². The van der Waals surface area contributed by atoms with Crippen molar-refractivity contribution in [1.82, 2.24) is 4.90 Å². The fourth-order valence-corrected chi connectivity index (χ4v) is 3.63. The first-order valence-electron chi connectivity index (χ1n) is 7.93. The van der Waals surface area contributed by atoms with Crippen LogP contribution in [-0.2, 0) is 0 Å². The highest BCUT2D eigenvalue weighted by molar-refractivity contribution is 7.98. The lowest BCUT2D eigenvalue weighted by atomic mass is 9.95. The van der Waals surface area contributed by atoms with Gasteiger partial charge in [0.05, 0.1) is 4.92 Å². The van der Waals surface area contributed by atoms with Gasteiger partial charge in [0.2, 0.25) is 0 Å². The number of halogens is 1. The smallest absolute Gasteiger partial charge is 0.282 e. The van der Waals surface area contributed by atoms with Crippen LogP contribution in [0.5, 0.6) is 0 Å². The SMILES string of the molecule is CSc1ccc([N+](=O)[O-])c(C(=O)N2C[C@@H](N)[C@H](c3ccccc3)C2)c1.Cl. The van der Waals surface area contributed by atoms with E-state index in [1.807, 2.05) is 36.6 Å². The van der Waals surface area contributed by atoms with Gasteiger partial charge < -0.3 is 10.6 Å². The maximum absolute atomic E-state index is 12.9. The van der Waals surface area contributed by atoms with Crippen molar-refractivity contribution in [3.63, 3.8) is 0 Å². The summed E-state index contributed by atoms with van der Waals surface area (Å²) < 4.78 is 0. The molecule has 138 valence electrons. The Hall–Kier alpha value is -2.09. The average molecular weight is 394 g/mol. The normalized spacial score (nSPS) is 19.1. The van der Waals surface area contributed by atoms with Gasteiger partial charge in [-0.05, 0) is 24.0 Å². The topological polar surface area (TPSA) is 89.5 Å². The minimum absolute atomic E-state index is 0. The fraction of sp³-hybridized carbons (Fsp3) is 0.278. The first-order chi connectivity index (χ1) is 12.0. The van der Waals surface area contributed by atoms with E-state index >= 15 is 0 Å². The second-order valence-electron chi connectivity index (χ2n) is 6.03. The van der Waals surface area contributed by atoms with E-state index in [2.05, 4.69) is 0 Å².